The fourth-order valence-corrected chi connectivity index (χ4v) is 3.67. The van der Waals surface area contributed by atoms with Gasteiger partial charge in [0.05, 0.1) is 12.2 Å². The number of esters is 1. The molecule has 0 saturated carbocycles. The number of alkyl halides is 3. The number of carbonyl (C=O) groups is 1. The molecule has 0 heterocycles. The molecule has 1 atom stereocenters. The maximum absolute atomic E-state index is 12.4. The molecule has 6 heteroatoms. The van der Waals surface area contributed by atoms with Gasteiger partial charge in [0.1, 0.15) is 5.75 Å². The van der Waals surface area contributed by atoms with Crippen molar-refractivity contribution >= 4 is 5.97 Å². The third-order valence-corrected chi connectivity index (χ3v) is 5.32. The van der Waals surface area contributed by atoms with E-state index in [0.29, 0.717) is 18.6 Å². The van der Waals surface area contributed by atoms with Crippen LogP contribution >= 0.6 is 0 Å². The van der Waals surface area contributed by atoms with Gasteiger partial charge >= 0.3 is 12.3 Å². The van der Waals surface area contributed by atoms with Gasteiger partial charge in [0.15, 0.2) is 0 Å². The van der Waals surface area contributed by atoms with Gasteiger partial charge in [0.2, 0.25) is 0 Å². The number of halogens is 3. The molecule has 0 radical (unpaired) electrons. The molecule has 0 aromatic heterocycles. The van der Waals surface area contributed by atoms with Gasteiger partial charge in [-0.05, 0) is 65.4 Å². The molecule has 33 heavy (non-hydrogen) atoms. The first-order chi connectivity index (χ1) is 15.7. The van der Waals surface area contributed by atoms with Crippen LogP contribution in [-0.4, -0.2) is 18.9 Å². The smallest absolute Gasteiger partial charge is 0.462 e. The van der Waals surface area contributed by atoms with Crippen molar-refractivity contribution in [1.82, 2.24) is 0 Å². The summed E-state index contributed by atoms with van der Waals surface area (Å²) in [6.45, 7) is 8.00. The molecule has 0 aliphatic rings. The molecule has 172 valence electrons. The maximum Gasteiger partial charge on any atom is 0.573 e. The molecule has 0 aliphatic heterocycles. The molecule has 3 nitrogen and oxygen atoms in total. The molecular formula is C27H25F3O3. The summed E-state index contributed by atoms with van der Waals surface area (Å²) in [6.07, 6.45) is -2.21. The van der Waals surface area contributed by atoms with Crippen LogP contribution in [0.15, 0.2) is 79.4 Å². The Balaban J connectivity index is 1.91. The number of benzene rings is 3. The molecule has 3 rings (SSSR count). The Morgan fingerprint density at radius 1 is 1.00 bits per heavy atom. The average Bonchev–Trinajstić information content (AvgIpc) is 2.79. The number of hydrogen-bond donors (Lipinski definition) is 0. The van der Waals surface area contributed by atoms with Crippen LogP contribution in [-0.2, 0) is 11.2 Å². The number of carbonyl (C=O) groups excluding carboxylic acids is 1. The van der Waals surface area contributed by atoms with Gasteiger partial charge in [-0.15, -0.1) is 19.8 Å². The Hall–Kier alpha value is -3.54. The number of hydrogen-bond acceptors (Lipinski definition) is 3. The van der Waals surface area contributed by atoms with E-state index >= 15 is 0 Å². The minimum atomic E-state index is -4.72. The highest BCUT2D eigenvalue weighted by molar-refractivity contribution is 5.89. The monoisotopic (exact) mass is 454 g/mol. The Labute approximate surface area is 191 Å². The first kappa shape index (κ1) is 24.1. The van der Waals surface area contributed by atoms with Gasteiger partial charge in [-0.3, -0.25) is 0 Å². The van der Waals surface area contributed by atoms with Crippen molar-refractivity contribution < 1.29 is 27.4 Å². The first-order valence-electron chi connectivity index (χ1n) is 10.6. The second-order valence-electron chi connectivity index (χ2n) is 7.54. The average molecular weight is 454 g/mol. The number of ether oxygens (including phenoxy) is 2. The van der Waals surface area contributed by atoms with Gasteiger partial charge in [-0.2, -0.15) is 0 Å². The van der Waals surface area contributed by atoms with Crippen molar-refractivity contribution in [3.05, 3.63) is 102 Å². The topological polar surface area (TPSA) is 35.5 Å². The molecule has 0 amide bonds. The molecule has 3 aromatic rings. The minimum absolute atomic E-state index is 0.0176. The van der Waals surface area contributed by atoms with Gasteiger partial charge in [-0.25, -0.2) is 4.79 Å². The van der Waals surface area contributed by atoms with Crippen molar-refractivity contribution in [2.24, 2.45) is 0 Å². The van der Waals surface area contributed by atoms with E-state index in [1.165, 1.54) is 12.1 Å². The predicted octanol–water partition coefficient (Wildman–Crippen LogP) is 7.31. The lowest BCUT2D eigenvalue weighted by atomic mass is 9.86. The third-order valence-electron chi connectivity index (χ3n) is 5.32. The van der Waals surface area contributed by atoms with E-state index in [1.807, 2.05) is 36.4 Å². The van der Waals surface area contributed by atoms with E-state index in [0.717, 1.165) is 27.8 Å². The zero-order chi connectivity index (χ0) is 24.0. The van der Waals surface area contributed by atoms with E-state index in [9.17, 15) is 18.0 Å². The lowest BCUT2D eigenvalue weighted by Crippen LogP contribution is -2.16. The van der Waals surface area contributed by atoms with Crippen LogP contribution in [0.25, 0.3) is 11.1 Å². The van der Waals surface area contributed by atoms with Crippen molar-refractivity contribution in [2.45, 2.75) is 32.5 Å². The van der Waals surface area contributed by atoms with Crippen LogP contribution in [0.1, 0.15) is 46.8 Å². The summed E-state index contributed by atoms with van der Waals surface area (Å²) in [5, 5.41) is 0. The molecule has 0 spiro atoms. The Morgan fingerprint density at radius 3 is 2.21 bits per heavy atom. The first-order valence-corrected chi connectivity index (χ1v) is 10.6. The van der Waals surface area contributed by atoms with E-state index in [1.54, 1.807) is 31.2 Å². The van der Waals surface area contributed by atoms with E-state index < -0.39 is 6.36 Å². The Kier molecular flexibility index (Phi) is 7.59. The number of allylic oxidation sites excluding steroid dienone is 1. The number of rotatable bonds is 8. The summed E-state index contributed by atoms with van der Waals surface area (Å²) >= 11 is 0. The summed E-state index contributed by atoms with van der Waals surface area (Å²) < 4.78 is 46.3. The summed E-state index contributed by atoms with van der Waals surface area (Å²) in [5.41, 5.74) is 5.36. The maximum atomic E-state index is 12.4. The molecule has 0 fully saturated rings. The fourth-order valence-electron chi connectivity index (χ4n) is 3.67. The van der Waals surface area contributed by atoms with Crippen molar-refractivity contribution in [3.8, 4) is 16.9 Å². The highest BCUT2D eigenvalue weighted by Crippen LogP contribution is 2.33. The minimum Gasteiger partial charge on any atom is -0.462 e. The third kappa shape index (κ3) is 6.25. The van der Waals surface area contributed by atoms with Crippen LogP contribution in [0.4, 0.5) is 13.2 Å². The summed E-state index contributed by atoms with van der Waals surface area (Å²) in [5.74, 6) is -0.599. The standard InChI is InChI=1S/C27H25F3O3/c1-4-6-21-9-12-23(20-13-15-24(16-14-20)33-27(28,29)30)17-25(21)18(3)19-7-10-22(11-8-19)26(31)32-5-2/h4,7-18H,1,5-6H2,2-3H3. The van der Waals surface area contributed by atoms with Gasteiger partial charge in [0, 0.05) is 5.92 Å². The van der Waals surface area contributed by atoms with Crippen LogP contribution < -0.4 is 4.74 Å². The summed E-state index contributed by atoms with van der Waals surface area (Å²) in [7, 11) is 0. The fraction of sp³-hybridized carbons (Fsp3) is 0.222. The highest BCUT2D eigenvalue weighted by Gasteiger charge is 2.31. The highest BCUT2D eigenvalue weighted by atomic mass is 19.4. The normalized spacial score (nSPS) is 12.2. The predicted molar refractivity (Wildman–Crippen MR) is 122 cm³/mol. The van der Waals surface area contributed by atoms with E-state index in [-0.39, 0.29) is 17.6 Å². The largest absolute Gasteiger partial charge is 0.573 e. The van der Waals surface area contributed by atoms with Crippen LogP contribution in [0, 0.1) is 0 Å². The molecular weight excluding hydrogens is 429 g/mol. The van der Waals surface area contributed by atoms with Crippen molar-refractivity contribution in [2.75, 3.05) is 6.61 Å². The molecule has 1 unspecified atom stereocenters. The SMILES string of the molecule is C=CCc1ccc(-c2ccc(OC(F)(F)F)cc2)cc1C(C)c1ccc(C(=O)OCC)cc1. The van der Waals surface area contributed by atoms with E-state index in [2.05, 4.69) is 18.2 Å². The van der Waals surface area contributed by atoms with E-state index in [4.69, 9.17) is 4.74 Å². The zero-order valence-electron chi connectivity index (χ0n) is 18.5. The Morgan fingerprint density at radius 2 is 1.64 bits per heavy atom. The van der Waals surface area contributed by atoms with Crippen molar-refractivity contribution in [1.29, 1.82) is 0 Å². The quantitative estimate of drug-likeness (QED) is 0.264. The van der Waals surface area contributed by atoms with Gasteiger partial charge in [-0.1, -0.05) is 55.5 Å². The van der Waals surface area contributed by atoms with Crippen LogP contribution in [0.3, 0.4) is 0 Å². The molecule has 0 bridgehead atoms. The van der Waals surface area contributed by atoms with Gasteiger partial charge in [0.25, 0.3) is 0 Å². The second-order valence-corrected chi connectivity index (χ2v) is 7.54. The van der Waals surface area contributed by atoms with Gasteiger partial charge < -0.3 is 9.47 Å². The van der Waals surface area contributed by atoms with Crippen LogP contribution in [0.5, 0.6) is 5.75 Å². The zero-order valence-corrected chi connectivity index (χ0v) is 18.5. The second kappa shape index (κ2) is 10.4. The lowest BCUT2D eigenvalue weighted by molar-refractivity contribution is -0.274. The molecule has 3 aromatic carbocycles. The summed E-state index contributed by atoms with van der Waals surface area (Å²) in [4.78, 5) is 11.9. The van der Waals surface area contributed by atoms with Crippen LogP contribution in [0.2, 0.25) is 0 Å². The molecule has 0 saturated heterocycles. The Bertz CT molecular complexity index is 1100. The molecule has 0 aliphatic carbocycles. The van der Waals surface area contributed by atoms with Crippen molar-refractivity contribution in [3.63, 3.8) is 0 Å². The lowest BCUT2D eigenvalue weighted by Gasteiger charge is -2.19. The summed E-state index contributed by atoms with van der Waals surface area (Å²) in [6, 6.07) is 19.1. The molecule has 0 N–H and O–H groups in total.